The predicted octanol–water partition coefficient (Wildman–Crippen LogP) is 3.55. The van der Waals surface area contributed by atoms with Gasteiger partial charge in [0.2, 0.25) is 10.0 Å². The Morgan fingerprint density at radius 2 is 1.51 bits per heavy atom. The lowest BCUT2D eigenvalue weighted by Gasteiger charge is -2.32. The van der Waals surface area contributed by atoms with Crippen molar-refractivity contribution in [3.8, 4) is 0 Å². The van der Waals surface area contributed by atoms with Gasteiger partial charge in [-0.15, -0.1) is 0 Å². The number of fused-ring (bicyclic) bond motifs is 1. The van der Waals surface area contributed by atoms with Crippen LogP contribution in [0, 0.1) is 34.6 Å². The molecular weight excluding hydrogens is 460 g/mol. The molecule has 4 rings (SSSR count). The lowest BCUT2D eigenvalue weighted by molar-refractivity contribution is -0.917. The van der Waals surface area contributed by atoms with E-state index in [9.17, 15) is 13.2 Å². The summed E-state index contributed by atoms with van der Waals surface area (Å²) in [4.78, 5) is 14.0. The van der Waals surface area contributed by atoms with E-state index < -0.39 is 10.0 Å². The highest BCUT2D eigenvalue weighted by molar-refractivity contribution is 7.89. The molecule has 0 saturated carbocycles. The number of nitrogens with zero attached hydrogens (tertiary/aromatic N) is 1. The first kappa shape index (κ1) is 25.6. The van der Waals surface area contributed by atoms with Crippen molar-refractivity contribution in [2.45, 2.75) is 65.8 Å². The van der Waals surface area contributed by atoms with E-state index in [2.05, 4.69) is 26.0 Å². The molecule has 1 saturated heterocycles. The Hall–Kier alpha value is -2.48. The van der Waals surface area contributed by atoms with E-state index in [1.54, 1.807) is 10.4 Å². The first-order chi connectivity index (χ1) is 16.4. The molecule has 0 bridgehead atoms. The number of quaternary nitrogens is 1. The summed E-state index contributed by atoms with van der Waals surface area (Å²) in [6.07, 6.45) is 0. The van der Waals surface area contributed by atoms with E-state index in [1.165, 1.54) is 10.5 Å². The molecule has 2 heterocycles. The summed E-state index contributed by atoms with van der Waals surface area (Å²) in [6.45, 7) is 17.1. The van der Waals surface area contributed by atoms with E-state index in [0.717, 1.165) is 38.8 Å². The minimum Gasteiger partial charge on any atom is -0.423 e. The summed E-state index contributed by atoms with van der Waals surface area (Å²) in [5.74, 6) is 0.373. The fraction of sp³-hybridized carbons (Fsp3) is 0.464. The number of hydrogen-bond acceptors (Lipinski definition) is 4. The molecule has 1 N–H and O–H groups in total. The third-order valence-electron chi connectivity index (χ3n) is 7.60. The SMILES string of the molecule is Cc1cc2oc(=O)cc(C[NH+]3CCN(S(=O)(=O)c4c(C)c(C)cc(C)c4C)CC3)c2cc1C(C)C. The van der Waals surface area contributed by atoms with E-state index in [4.69, 9.17) is 4.42 Å². The topological polar surface area (TPSA) is 72.0 Å². The summed E-state index contributed by atoms with van der Waals surface area (Å²) in [5.41, 5.74) is 7.28. The molecule has 6 nitrogen and oxygen atoms in total. The second-order valence-corrected chi connectivity index (χ2v) is 12.2. The van der Waals surface area contributed by atoms with Gasteiger partial charge in [0.1, 0.15) is 12.1 Å². The Labute approximate surface area is 208 Å². The minimum absolute atomic E-state index is 0.342. The highest BCUT2D eigenvalue weighted by Gasteiger charge is 2.33. The van der Waals surface area contributed by atoms with Crippen molar-refractivity contribution < 1.29 is 17.7 Å². The Bertz CT molecular complexity index is 1420. The molecule has 1 aliphatic heterocycles. The molecule has 1 aliphatic rings. The summed E-state index contributed by atoms with van der Waals surface area (Å²) in [6, 6.07) is 7.77. The molecule has 2 aromatic carbocycles. The number of benzene rings is 2. The van der Waals surface area contributed by atoms with E-state index in [1.807, 2.05) is 40.7 Å². The van der Waals surface area contributed by atoms with Crippen molar-refractivity contribution in [2.75, 3.05) is 26.2 Å². The smallest absolute Gasteiger partial charge is 0.336 e. The van der Waals surface area contributed by atoms with Crippen LogP contribution in [0.1, 0.15) is 58.7 Å². The van der Waals surface area contributed by atoms with Gasteiger partial charge in [-0.25, -0.2) is 13.2 Å². The van der Waals surface area contributed by atoms with Crippen molar-refractivity contribution in [3.63, 3.8) is 0 Å². The average molecular weight is 498 g/mol. The first-order valence-electron chi connectivity index (χ1n) is 12.4. The third kappa shape index (κ3) is 4.82. The summed E-state index contributed by atoms with van der Waals surface area (Å²) in [5, 5.41) is 0.975. The van der Waals surface area contributed by atoms with Crippen molar-refractivity contribution in [1.82, 2.24) is 4.31 Å². The lowest BCUT2D eigenvalue weighted by atomic mass is 9.95. The van der Waals surface area contributed by atoms with Crippen LogP contribution in [0.4, 0.5) is 0 Å². The highest BCUT2D eigenvalue weighted by Crippen LogP contribution is 2.29. The standard InChI is InChI=1S/C28H36N2O4S/c1-17(2)24-15-25-23(14-27(31)34-26(25)13-20(24)5)16-29-8-10-30(11-9-29)35(32,33)28-21(6)18(3)12-19(4)22(28)7/h12-15,17H,8-11,16H2,1-7H3/p+1. The van der Waals surface area contributed by atoms with Crippen LogP contribution < -0.4 is 10.5 Å². The summed E-state index contributed by atoms with van der Waals surface area (Å²) < 4.78 is 34.4. The number of aryl methyl sites for hydroxylation is 3. The van der Waals surface area contributed by atoms with Crippen molar-refractivity contribution in [3.05, 3.63) is 73.6 Å². The molecular formula is C28H37N2O4S+. The molecule has 7 heteroatoms. The molecule has 3 aromatic rings. The molecule has 0 aliphatic carbocycles. The molecule has 0 spiro atoms. The zero-order chi connectivity index (χ0) is 25.7. The van der Waals surface area contributed by atoms with Gasteiger partial charge < -0.3 is 9.32 Å². The quantitative estimate of drug-likeness (QED) is 0.548. The molecule has 0 amide bonds. The summed E-state index contributed by atoms with van der Waals surface area (Å²) >= 11 is 0. The van der Waals surface area contributed by atoms with Crippen LogP contribution in [0.3, 0.4) is 0 Å². The summed E-state index contributed by atoms with van der Waals surface area (Å²) in [7, 11) is -3.57. The van der Waals surface area contributed by atoms with E-state index in [-0.39, 0.29) is 5.63 Å². The zero-order valence-electron chi connectivity index (χ0n) is 21.9. The highest BCUT2D eigenvalue weighted by atomic mass is 32.2. The average Bonchev–Trinajstić information content (AvgIpc) is 2.77. The molecule has 0 unspecified atom stereocenters. The van der Waals surface area contributed by atoms with Gasteiger partial charge in [-0.05, 0) is 86.1 Å². The van der Waals surface area contributed by atoms with Crippen LogP contribution in [-0.2, 0) is 16.6 Å². The Balaban J connectivity index is 1.58. The normalized spacial score (nSPS) is 15.9. The minimum atomic E-state index is -3.57. The van der Waals surface area contributed by atoms with Crippen LogP contribution in [0.25, 0.3) is 11.0 Å². The van der Waals surface area contributed by atoms with Crippen molar-refractivity contribution in [1.29, 1.82) is 0 Å². The molecule has 0 atom stereocenters. The number of sulfonamides is 1. The lowest BCUT2D eigenvalue weighted by Crippen LogP contribution is -3.13. The van der Waals surface area contributed by atoms with Gasteiger partial charge in [-0.2, -0.15) is 4.31 Å². The van der Waals surface area contributed by atoms with Crippen LogP contribution in [0.15, 0.2) is 38.4 Å². The molecule has 1 fully saturated rings. The van der Waals surface area contributed by atoms with Crippen LogP contribution in [-0.4, -0.2) is 38.9 Å². The van der Waals surface area contributed by atoms with Gasteiger partial charge in [0.05, 0.1) is 31.1 Å². The predicted molar refractivity (Wildman–Crippen MR) is 140 cm³/mol. The van der Waals surface area contributed by atoms with Gasteiger partial charge in [0, 0.05) is 17.0 Å². The second-order valence-electron chi connectivity index (χ2n) is 10.4. The molecule has 0 radical (unpaired) electrons. The number of nitrogens with one attached hydrogen (secondary N) is 1. The molecule has 35 heavy (non-hydrogen) atoms. The Morgan fingerprint density at radius 1 is 0.914 bits per heavy atom. The fourth-order valence-electron chi connectivity index (χ4n) is 5.35. The fourth-order valence-corrected chi connectivity index (χ4v) is 7.36. The van der Waals surface area contributed by atoms with E-state index in [0.29, 0.717) is 49.1 Å². The maximum atomic E-state index is 13.6. The Kier molecular flexibility index (Phi) is 6.97. The zero-order valence-corrected chi connectivity index (χ0v) is 22.7. The number of rotatable bonds is 5. The van der Waals surface area contributed by atoms with Gasteiger partial charge >= 0.3 is 5.63 Å². The first-order valence-corrected chi connectivity index (χ1v) is 13.8. The monoisotopic (exact) mass is 497 g/mol. The van der Waals surface area contributed by atoms with Gasteiger partial charge in [-0.3, -0.25) is 0 Å². The maximum absolute atomic E-state index is 13.6. The van der Waals surface area contributed by atoms with Crippen LogP contribution in [0.5, 0.6) is 0 Å². The van der Waals surface area contributed by atoms with Gasteiger partial charge in [0.15, 0.2) is 0 Å². The van der Waals surface area contributed by atoms with Crippen molar-refractivity contribution in [2.24, 2.45) is 0 Å². The van der Waals surface area contributed by atoms with Crippen LogP contribution in [0.2, 0.25) is 0 Å². The van der Waals surface area contributed by atoms with Crippen molar-refractivity contribution >= 4 is 21.0 Å². The molecule has 1 aromatic heterocycles. The number of piperazine rings is 1. The largest absolute Gasteiger partial charge is 0.423 e. The van der Waals surface area contributed by atoms with Gasteiger partial charge in [0.25, 0.3) is 0 Å². The molecule has 188 valence electrons. The third-order valence-corrected chi connectivity index (χ3v) is 9.78. The Morgan fingerprint density at radius 3 is 2.09 bits per heavy atom. The second kappa shape index (κ2) is 9.52. The van der Waals surface area contributed by atoms with E-state index >= 15 is 0 Å². The number of hydrogen-bond donors (Lipinski definition) is 1. The van der Waals surface area contributed by atoms with Crippen LogP contribution >= 0.6 is 0 Å². The van der Waals surface area contributed by atoms with Gasteiger partial charge in [-0.1, -0.05) is 19.9 Å². The maximum Gasteiger partial charge on any atom is 0.336 e.